The summed E-state index contributed by atoms with van der Waals surface area (Å²) in [6.07, 6.45) is 2.48. The zero-order valence-corrected chi connectivity index (χ0v) is 7.80. The molecule has 0 aliphatic heterocycles. The average molecular weight is 193 g/mol. The van der Waals surface area contributed by atoms with E-state index in [0.29, 0.717) is 10.6 Å². The highest BCUT2D eigenvalue weighted by atomic mass is 32.1. The summed E-state index contributed by atoms with van der Waals surface area (Å²) in [4.78, 5) is 15.4. The van der Waals surface area contributed by atoms with Crippen LogP contribution in [0.25, 0.3) is 10.2 Å². The number of hydrogen-bond acceptors (Lipinski definition) is 4. The number of nitrogens with zero attached hydrogens (tertiary/aromatic N) is 1. The van der Waals surface area contributed by atoms with Gasteiger partial charge < -0.3 is 4.74 Å². The van der Waals surface area contributed by atoms with Gasteiger partial charge in [0.1, 0.15) is 10.4 Å². The minimum Gasteiger partial charge on any atom is -0.493 e. The van der Waals surface area contributed by atoms with Crippen molar-refractivity contribution in [3.63, 3.8) is 0 Å². The molecule has 13 heavy (non-hydrogen) atoms. The molecule has 2 aromatic heterocycles. The molecule has 0 radical (unpaired) electrons. The highest BCUT2D eigenvalue weighted by Crippen LogP contribution is 2.34. The first-order chi connectivity index (χ1) is 6.36. The smallest absolute Gasteiger partial charge is 0.166 e. The number of aldehydes is 1. The molecule has 66 valence electrons. The van der Waals surface area contributed by atoms with Crippen molar-refractivity contribution in [2.45, 2.75) is 0 Å². The summed E-state index contributed by atoms with van der Waals surface area (Å²) in [7, 11) is 1.54. The number of hydrogen-bond donors (Lipinski definition) is 0. The Morgan fingerprint density at radius 2 is 2.46 bits per heavy atom. The van der Waals surface area contributed by atoms with Crippen LogP contribution in [0.5, 0.6) is 5.75 Å². The second kappa shape index (κ2) is 3.14. The van der Waals surface area contributed by atoms with Crippen LogP contribution in [0.15, 0.2) is 18.3 Å². The first-order valence-electron chi connectivity index (χ1n) is 3.73. The first kappa shape index (κ1) is 8.19. The zero-order chi connectivity index (χ0) is 9.26. The Bertz CT molecular complexity index is 450. The standard InChI is InChI=1S/C9H7NO2S/c1-12-9-7(5-11)13-6-3-2-4-10-8(6)9/h2-5H,1H3. The molecule has 0 bridgehead atoms. The molecule has 0 aliphatic rings. The molecule has 0 saturated carbocycles. The Balaban J connectivity index is 2.81. The van der Waals surface area contributed by atoms with Crippen LogP contribution < -0.4 is 4.74 Å². The lowest BCUT2D eigenvalue weighted by Crippen LogP contribution is -1.85. The van der Waals surface area contributed by atoms with E-state index in [0.717, 1.165) is 16.5 Å². The fraction of sp³-hybridized carbons (Fsp3) is 0.111. The lowest BCUT2D eigenvalue weighted by atomic mass is 10.3. The largest absolute Gasteiger partial charge is 0.493 e. The van der Waals surface area contributed by atoms with E-state index in [1.807, 2.05) is 12.1 Å². The van der Waals surface area contributed by atoms with Gasteiger partial charge in [0.2, 0.25) is 0 Å². The van der Waals surface area contributed by atoms with E-state index in [4.69, 9.17) is 4.74 Å². The van der Waals surface area contributed by atoms with Crippen molar-refractivity contribution in [2.24, 2.45) is 0 Å². The minimum atomic E-state index is 0.579. The Morgan fingerprint density at radius 3 is 3.15 bits per heavy atom. The predicted octanol–water partition coefficient (Wildman–Crippen LogP) is 2.12. The number of thiophene rings is 1. The third-order valence-corrected chi connectivity index (χ3v) is 2.79. The Labute approximate surface area is 79.0 Å². The van der Waals surface area contributed by atoms with Crippen LogP contribution in [0.1, 0.15) is 9.67 Å². The van der Waals surface area contributed by atoms with Crippen molar-refractivity contribution in [2.75, 3.05) is 7.11 Å². The molecule has 2 heterocycles. The van der Waals surface area contributed by atoms with Gasteiger partial charge in [0.25, 0.3) is 0 Å². The third kappa shape index (κ3) is 1.19. The van der Waals surface area contributed by atoms with Gasteiger partial charge >= 0.3 is 0 Å². The maximum Gasteiger partial charge on any atom is 0.166 e. The van der Waals surface area contributed by atoms with Gasteiger partial charge in [0.15, 0.2) is 12.0 Å². The highest BCUT2D eigenvalue weighted by Gasteiger charge is 2.11. The van der Waals surface area contributed by atoms with Crippen LogP contribution in [0, 0.1) is 0 Å². The molecule has 0 aromatic carbocycles. The maximum absolute atomic E-state index is 10.7. The second-order valence-corrected chi connectivity index (χ2v) is 3.55. The van der Waals surface area contributed by atoms with E-state index in [9.17, 15) is 4.79 Å². The van der Waals surface area contributed by atoms with E-state index in [2.05, 4.69) is 4.98 Å². The van der Waals surface area contributed by atoms with E-state index >= 15 is 0 Å². The lowest BCUT2D eigenvalue weighted by molar-refractivity contribution is 0.112. The molecule has 3 nitrogen and oxygen atoms in total. The van der Waals surface area contributed by atoms with Gasteiger partial charge in [-0.3, -0.25) is 9.78 Å². The second-order valence-electron chi connectivity index (χ2n) is 2.47. The van der Waals surface area contributed by atoms with Gasteiger partial charge in [-0.2, -0.15) is 0 Å². The fourth-order valence-corrected chi connectivity index (χ4v) is 2.15. The molecule has 0 spiro atoms. The molecule has 0 fully saturated rings. The lowest BCUT2D eigenvalue weighted by Gasteiger charge is -1.95. The number of ether oxygens (including phenoxy) is 1. The van der Waals surface area contributed by atoms with Gasteiger partial charge in [0.05, 0.1) is 11.8 Å². The molecule has 2 aromatic rings. The molecular weight excluding hydrogens is 186 g/mol. The molecule has 0 unspecified atom stereocenters. The SMILES string of the molecule is COc1c(C=O)sc2cccnc12. The summed E-state index contributed by atoms with van der Waals surface area (Å²) in [5, 5.41) is 0. The predicted molar refractivity (Wildman–Crippen MR) is 51.6 cm³/mol. The van der Waals surface area contributed by atoms with Gasteiger partial charge in [-0.15, -0.1) is 11.3 Å². The molecule has 4 heteroatoms. The van der Waals surface area contributed by atoms with Crippen LogP contribution in [0.2, 0.25) is 0 Å². The Hall–Kier alpha value is -1.42. The van der Waals surface area contributed by atoms with E-state index in [1.54, 1.807) is 13.3 Å². The van der Waals surface area contributed by atoms with Gasteiger partial charge in [-0.25, -0.2) is 0 Å². The van der Waals surface area contributed by atoms with Gasteiger partial charge in [0, 0.05) is 6.20 Å². The molecular formula is C9H7NO2S. The summed E-state index contributed by atoms with van der Waals surface area (Å²) >= 11 is 1.39. The monoisotopic (exact) mass is 193 g/mol. The summed E-state index contributed by atoms with van der Waals surface area (Å²) in [5.74, 6) is 0.579. The van der Waals surface area contributed by atoms with Crippen LogP contribution in [0.4, 0.5) is 0 Å². The van der Waals surface area contributed by atoms with Crippen LogP contribution >= 0.6 is 11.3 Å². The summed E-state index contributed by atoms with van der Waals surface area (Å²) in [6, 6.07) is 3.76. The number of carbonyl (C=O) groups excluding carboxylic acids is 1. The Morgan fingerprint density at radius 1 is 1.62 bits per heavy atom. The quantitative estimate of drug-likeness (QED) is 0.686. The van der Waals surface area contributed by atoms with Crippen molar-refractivity contribution in [1.82, 2.24) is 4.98 Å². The third-order valence-electron chi connectivity index (χ3n) is 1.74. The normalized spacial score (nSPS) is 10.2. The molecule has 0 saturated heterocycles. The van der Waals surface area contributed by atoms with E-state index in [-0.39, 0.29) is 0 Å². The fourth-order valence-electron chi connectivity index (χ4n) is 1.20. The Kier molecular flexibility index (Phi) is 1.98. The summed E-state index contributed by atoms with van der Waals surface area (Å²) in [5.41, 5.74) is 0.761. The molecule has 0 N–H and O–H groups in total. The average Bonchev–Trinajstić information content (AvgIpc) is 2.55. The van der Waals surface area contributed by atoms with Crippen LogP contribution in [-0.4, -0.2) is 18.4 Å². The number of methoxy groups -OCH3 is 1. The molecule has 0 aliphatic carbocycles. The molecule has 0 amide bonds. The number of fused-ring (bicyclic) bond motifs is 1. The van der Waals surface area contributed by atoms with E-state index in [1.165, 1.54) is 11.3 Å². The number of aromatic nitrogens is 1. The van der Waals surface area contributed by atoms with Gasteiger partial charge in [-0.05, 0) is 12.1 Å². The molecule has 0 atom stereocenters. The topological polar surface area (TPSA) is 39.2 Å². The van der Waals surface area contributed by atoms with Crippen molar-refractivity contribution in [1.29, 1.82) is 0 Å². The number of carbonyl (C=O) groups is 1. The van der Waals surface area contributed by atoms with Crippen molar-refractivity contribution < 1.29 is 9.53 Å². The van der Waals surface area contributed by atoms with Crippen LogP contribution in [-0.2, 0) is 0 Å². The number of rotatable bonds is 2. The molecule has 2 rings (SSSR count). The first-order valence-corrected chi connectivity index (χ1v) is 4.55. The zero-order valence-electron chi connectivity index (χ0n) is 6.98. The maximum atomic E-state index is 10.7. The summed E-state index contributed by atoms with van der Waals surface area (Å²) in [6.45, 7) is 0. The van der Waals surface area contributed by atoms with Crippen molar-refractivity contribution >= 4 is 27.8 Å². The number of pyridine rings is 1. The summed E-state index contributed by atoms with van der Waals surface area (Å²) < 4.78 is 6.08. The minimum absolute atomic E-state index is 0.579. The van der Waals surface area contributed by atoms with E-state index < -0.39 is 0 Å². The van der Waals surface area contributed by atoms with Crippen molar-refractivity contribution in [3.05, 3.63) is 23.2 Å². The highest BCUT2D eigenvalue weighted by molar-refractivity contribution is 7.20. The van der Waals surface area contributed by atoms with Crippen molar-refractivity contribution in [3.8, 4) is 5.75 Å². The van der Waals surface area contributed by atoms with Crippen LogP contribution in [0.3, 0.4) is 0 Å². The van der Waals surface area contributed by atoms with Gasteiger partial charge in [-0.1, -0.05) is 0 Å².